The molecule has 0 spiro atoms. The Hall–Kier alpha value is -2.58. The molecule has 0 aliphatic carbocycles. The van der Waals surface area contributed by atoms with E-state index < -0.39 is 0 Å². The minimum atomic E-state index is -0.353. The summed E-state index contributed by atoms with van der Waals surface area (Å²) in [5.74, 6) is 1.31. The van der Waals surface area contributed by atoms with Crippen LogP contribution in [-0.4, -0.2) is 30.9 Å². The fourth-order valence-corrected chi connectivity index (χ4v) is 4.77. The summed E-state index contributed by atoms with van der Waals surface area (Å²) in [5, 5.41) is 19.0. The van der Waals surface area contributed by atoms with Crippen molar-refractivity contribution >= 4 is 23.5 Å². The van der Waals surface area contributed by atoms with Crippen molar-refractivity contribution in [3.8, 4) is 11.5 Å². The van der Waals surface area contributed by atoms with Gasteiger partial charge in [0.05, 0.1) is 0 Å². The van der Waals surface area contributed by atoms with E-state index in [0.717, 1.165) is 24.3 Å². The van der Waals surface area contributed by atoms with Crippen molar-refractivity contribution in [2.45, 2.75) is 35.7 Å². The lowest BCUT2D eigenvalue weighted by Crippen LogP contribution is -2.18. The van der Waals surface area contributed by atoms with Crippen LogP contribution in [0.3, 0.4) is 0 Å². The molecule has 0 radical (unpaired) electrons. The first-order valence-corrected chi connectivity index (χ1v) is 11.6. The molecule has 2 aromatic heterocycles. The van der Waals surface area contributed by atoms with Crippen LogP contribution in [0.15, 0.2) is 80.3 Å². The Morgan fingerprint density at radius 2 is 1.17 bits per heavy atom. The van der Waals surface area contributed by atoms with Gasteiger partial charge in [-0.3, -0.25) is 9.59 Å². The second kappa shape index (κ2) is 11.0. The Bertz CT molecular complexity index is 1010. The van der Waals surface area contributed by atoms with Crippen LogP contribution in [0.5, 0.6) is 11.5 Å². The number of hydrogen-bond donors (Lipinski definition) is 2. The van der Waals surface area contributed by atoms with Gasteiger partial charge in [-0.2, -0.15) is 0 Å². The number of rotatable bonds is 10. The summed E-state index contributed by atoms with van der Waals surface area (Å²) in [7, 11) is 0. The highest BCUT2D eigenvalue weighted by molar-refractivity contribution is 8.00. The summed E-state index contributed by atoms with van der Waals surface area (Å²) >= 11 is 3.48. The second-order valence-corrected chi connectivity index (χ2v) is 9.00. The minimum absolute atomic E-state index is 0.219. The molecule has 8 heteroatoms. The van der Waals surface area contributed by atoms with Crippen LogP contribution in [0.25, 0.3) is 0 Å². The smallest absolute Gasteiger partial charge is 0.292 e. The van der Waals surface area contributed by atoms with E-state index in [1.807, 2.05) is 6.07 Å². The molecule has 0 unspecified atom stereocenters. The third-order valence-corrected chi connectivity index (χ3v) is 6.59. The van der Waals surface area contributed by atoms with Crippen LogP contribution in [0, 0.1) is 0 Å². The van der Waals surface area contributed by atoms with Crippen LogP contribution >= 0.6 is 23.5 Å². The highest BCUT2D eigenvalue weighted by atomic mass is 32.2. The summed E-state index contributed by atoms with van der Waals surface area (Å²) < 4.78 is 3.06. The van der Waals surface area contributed by atoms with E-state index in [4.69, 9.17) is 0 Å². The van der Waals surface area contributed by atoms with E-state index in [-0.39, 0.29) is 22.6 Å². The fraction of sp³-hybridized carbons (Fsp3) is 0.273. The van der Waals surface area contributed by atoms with E-state index in [9.17, 15) is 19.8 Å². The monoisotopic (exact) mass is 444 g/mol. The lowest BCUT2D eigenvalue weighted by atomic mass is 10.4. The molecule has 2 heterocycles. The number of nitrogens with zero attached hydrogens (tertiary/aromatic N) is 2. The first-order valence-electron chi connectivity index (χ1n) is 9.67. The predicted octanol–water partition coefficient (Wildman–Crippen LogP) is 3.79. The number of aromatic hydroxyl groups is 2. The van der Waals surface area contributed by atoms with E-state index in [0.29, 0.717) is 13.1 Å². The molecule has 2 N–H and O–H groups in total. The van der Waals surface area contributed by atoms with Gasteiger partial charge in [-0.05, 0) is 66.8 Å². The normalized spacial score (nSPS) is 10.9. The molecular formula is C22H24N2O4S2. The molecule has 0 fully saturated rings. The summed E-state index contributed by atoms with van der Waals surface area (Å²) in [6.07, 6.45) is 5.03. The molecule has 3 aromatic rings. The highest BCUT2D eigenvalue weighted by Gasteiger charge is 2.03. The van der Waals surface area contributed by atoms with Gasteiger partial charge in [-0.25, -0.2) is 0 Å². The molecule has 0 aliphatic rings. The first-order chi connectivity index (χ1) is 14.5. The maximum absolute atomic E-state index is 11.8. The average Bonchev–Trinajstić information content (AvgIpc) is 2.74. The summed E-state index contributed by atoms with van der Waals surface area (Å²) in [6.45, 7) is 1.15. The van der Waals surface area contributed by atoms with Crippen molar-refractivity contribution in [2.24, 2.45) is 0 Å². The van der Waals surface area contributed by atoms with E-state index in [1.165, 1.54) is 31.1 Å². The third kappa shape index (κ3) is 6.21. The van der Waals surface area contributed by atoms with Crippen molar-refractivity contribution in [2.75, 3.05) is 11.5 Å². The molecule has 0 amide bonds. The zero-order chi connectivity index (χ0) is 21.3. The maximum Gasteiger partial charge on any atom is 0.292 e. The van der Waals surface area contributed by atoms with E-state index >= 15 is 0 Å². The van der Waals surface area contributed by atoms with Crippen molar-refractivity contribution < 1.29 is 10.2 Å². The van der Waals surface area contributed by atoms with Crippen molar-refractivity contribution in [1.82, 2.24) is 9.13 Å². The van der Waals surface area contributed by atoms with Gasteiger partial charge in [-0.1, -0.05) is 6.07 Å². The molecule has 0 saturated carbocycles. The topological polar surface area (TPSA) is 84.5 Å². The van der Waals surface area contributed by atoms with Gasteiger partial charge in [0.25, 0.3) is 11.1 Å². The van der Waals surface area contributed by atoms with Crippen LogP contribution in [0.2, 0.25) is 0 Å². The third-order valence-electron chi connectivity index (χ3n) is 4.43. The Morgan fingerprint density at radius 1 is 0.700 bits per heavy atom. The predicted molar refractivity (Wildman–Crippen MR) is 122 cm³/mol. The van der Waals surface area contributed by atoms with Crippen LogP contribution < -0.4 is 11.1 Å². The highest BCUT2D eigenvalue weighted by Crippen LogP contribution is 2.26. The van der Waals surface area contributed by atoms with Gasteiger partial charge < -0.3 is 19.3 Å². The summed E-state index contributed by atoms with van der Waals surface area (Å²) in [5.41, 5.74) is -0.706. The number of hydrogen-bond acceptors (Lipinski definition) is 6. The quantitative estimate of drug-likeness (QED) is 0.366. The zero-order valence-corrected chi connectivity index (χ0v) is 18.1. The molecule has 158 valence electrons. The SMILES string of the molecule is O=c1c(O)cccn1CCCSc1cccc(SCCCn2cccc(O)c2=O)c1. The molecule has 0 aliphatic heterocycles. The first kappa shape index (κ1) is 22.1. The van der Waals surface area contributed by atoms with Crippen LogP contribution in [0.4, 0.5) is 0 Å². The van der Waals surface area contributed by atoms with Crippen molar-refractivity contribution in [1.29, 1.82) is 0 Å². The lowest BCUT2D eigenvalue weighted by molar-refractivity contribution is 0.455. The lowest BCUT2D eigenvalue weighted by Gasteiger charge is -2.08. The molecule has 30 heavy (non-hydrogen) atoms. The number of pyridine rings is 2. The molecule has 0 atom stereocenters. The molecule has 1 aromatic carbocycles. The van der Waals surface area contributed by atoms with Gasteiger partial charge >= 0.3 is 0 Å². The van der Waals surface area contributed by atoms with Gasteiger partial charge in [0.2, 0.25) is 0 Å². The van der Waals surface area contributed by atoms with Crippen molar-refractivity contribution in [3.05, 3.63) is 81.6 Å². The standard InChI is InChI=1S/C22H24N2O4S2/c25-19-8-2-10-23(21(19)27)12-4-14-29-17-6-1-7-18(16-17)30-15-5-13-24-11-3-9-20(26)22(24)28/h1-3,6-11,16,25-26H,4-5,12-15H2. The Kier molecular flexibility index (Phi) is 8.10. The molecule has 6 nitrogen and oxygen atoms in total. The van der Waals surface area contributed by atoms with Gasteiger partial charge in [0.1, 0.15) is 0 Å². The minimum Gasteiger partial charge on any atom is -0.503 e. The number of aromatic nitrogens is 2. The number of aryl methyl sites for hydroxylation is 2. The summed E-state index contributed by atoms with van der Waals surface area (Å²) in [6, 6.07) is 14.5. The van der Waals surface area contributed by atoms with E-state index in [1.54, 1.807) is 48.1 Å². The molecule has 0 saturated heterocycles. The number of benzene rings is 1. The molecule has 3 rings (SSSR count). The fourth-order valence-electron chi connectivity index (χ4n) is 2.90. The van der Waals surface area contributed by atoms with Crippen LogP contribution in [-0.2, 0) is 13.1 Å². The van der Waals surface area contributed by atoms with Crippen LogP contribution in [0.1, 0.15) is 12.8 Å². The van der Waals surface area contributed by atoms with Gasteiger partial charge in [0, 0.05) is 35.3 Å². The van der Waals surface area contributed by atoms with Crippen molar-refractivity contribution in [3.63, 3.8) is 0 Å². The Morgan fingerprint density at radius 3 is 1.63 bits per heavy atom. The maximum atomic E-state index is 11.8. The van der Waals surface area contributed by atoms with Gasteiger partial charge in [0.15, 0.2) is 11.5 Å². The Labute approximate surface area is 183 Å². The molecular weight excluding hydrogens is 420 g/mol. The largest absolute Gasteiger partial charge is 0.503 e. The number of thioether (sulfide) groups is 2. The average molecular weight is 445 g/mol. The Balaban J connectivity index is 1.42. The second-order valence-electron chi connectivity index (χ2n) is 6.66. The zero-order valence-electron chi connectivity index (χ0n) is 16.4. The summed E-state index contributed by atoms with van der Waals surface area (Å²) in [4.78, 5) is 25.9. The van der Waals surface area contributed by atoms with Gasteiger partial charge in [-0.15, -0.1) is 23.5 Å². The van der Waals surface area contributed by atoms with E-state index in [2.05, 4.69) is 18.2 Å². The molecule has 0 bridgehead atoms.